The minimum atomic E-state index is -4.51. The van der Waals surface area contributed by atoms with Crippen molar-refractivity contribution in [2.45, 2.75) is 6.18 Å². The number of methoxy groups -OCH3 is 1. The van der Waals surface area contributed by atoms with Crippen LogP contribution < -0.4 is 9.54 Å². The van der Waals surface area contributed by atoms with Crippen LogP contribution in [0.5, 0.6) is 5.75 Å². The van der Waals surface area contributed by atoms with Gasteiger partial charge in [0.05, 0.1) is 22.9 Å². The highest BCUT2D eigenvalue weighted by atomic mass is 32.1. The van der Waals surface area contributed by atoms with Crippen molar-refractivity contribution in [1.82, 2.24) is 4.98 Å². The number of nitrogens with zero attached hydrogens (tertiary/aromatic N) is 1. The number of carbonyl (C=O) groups is 1. The lowest BCUT2D eigenvalue weighted by Crippen LogP contribution is -2.08. The standard InChI is InChI=1S/C16H11F3N2O2S/c1-23-12-7-3-6-11-13(12)24-15(20-11)21-14(22)9-4-2-5-10(8-9)16(17,18)19/h2-8H,1H3,(H,20,21,22). The summed E-state index contributed by atoms with van der Waals surface area (Å²) in [4.78, 5) is 19.2. The molecular weight excluding hydrogens is 341 g/mol. The van der Waals surface area contributed by atoms with Crippen LogP contribution in [0.15, 0.2) is 47.5 Å². The average molecular weight is 352 g/mol. The van der Waals surface area contributed by atoms with Gasteiger partial charge in [-0.05, 0) is 30.3 Å². The Morgan fingerprint density at radius 1 is 1.21 bits per heavy atom. The summed E-state index contributed by atoms with van der Waals surface area (Å²) in [6.45, 7) is 0. The summed E-state index contributed by atoms with van der Waals surface area (Å²) in [5, 5.41) is 0. The molecule has 0 fully saturated rings. The second kappa shape index (κ2) is 6.12. The fourth-order valence-electron chi connectivity index (χ4n) is 2.15. The number of aromatic nitrogens is 1. The number of H-pyrrole nitrogens is 1. The van der Waals surface area contributed by atoms with Crippen molar-refractivity contribution >= 4 is 27.5 Å². The van der Waals surface area contributed by atoms with E-state index in [1.807, 2.05) is 0 Å². The van der Waals surface area contributed by atoms with E-state index >= 15 is 0 Å². The zero-order chi connectivity index (χ0) is 17.3. The number of aromatic amines is 1. The molecule has 0 radical (unpaired) electrons. The van der Waals surface area contributed by atoms with Crippen LogP contribution in [-0.2, 0) is 6.18 Å². The maximum atomic E-state index is 12.7. The van der Waals surface area contributed by atoms with Gasteiger partial charge in [0.2, 0.25) is 0 Å². The molecule has 0 bridgehead atoms. The predicted octanol–water partition coefficient (Wildman–Crippen LogP) is 4.00. The summed E-state index contributed by atoms with van der Waals surface area (Å²) in [7, 11) is 1.53. The molecule has 1 amide bonds. The maximum absolute atomic E-state index is 12.7. The molecule has 0 aliphatic rings. The summed E-state index contributed by atoms with van der Waals surface area (Å²) in [6, 6.07) is 9.53. The summed E-state index contributed by atoms with van der Waals surface area (Å²) >= 11 is 1.19. The normalized spacial score (nSPS) is 12.6. The molecule has 0 atom stereocenters. The fourth-order valence-corrected chi connectivity index (χ4v) is 3.12. The van der Waals surface area contributed by atoms with Crippen LogP contribution in [-0.4, -0.2) is 18.0 Å². The van der Waals surface area contributed by atoms with E-state index in [2.05, 4.69) is 9.98 Å². The highest BCUT2D eigenvalue weighted by Gasteiger charge is 2.30. The first kappa shape index (κ1) is 16.3. The van der Waals surface area contributed by atoms with Crippen molar-refractivity contribution in [2.24, 2.45) is 4.99 Å². The number of fused-ring (bicyclic) bond motifs is 1. The molecule has 3 aromatic rings. The first-order valence-corrected chi connectivity index (χ1v) is 7.62. The van der Waals surface area contributed by atoms with Gasteiger partial charge in [-0.25, -0.2) is 0 Å². The van der Waals surface area contributed by atoms with Gasteiger partial charge in [-0.15, -0.1) is 0 Å². The molecule has 4 nitrogen and oxygen atoms in total. The number of hydrogen-bond donors (Lipinski definition) is 1. The van der Waals surface area contributed by atoms with E-state index in [4.69, 9.17) is 4.74 Å². The van der Waals surface area contributed by atoms with Gasteiger partial charge in [-0.3, -0.25) is 4.79 Å². The molecule has 0 aliphatic heterocycles. The Kier molecular flexibility index (Phi) is 4.15. The van der Waals surface area contributed by atoms with E-state index < -0.39 is 17.6 Å². The topological polar surface area (TPSA) is 54.4 Å². The van der Waals surface area contributed by atoms with Gasteiger partial charge in [0.1, 0.15) is 5.75 Å². The highest BCUT2D eigenvalue weighted by molar-refractivity contribution is 7.16. The molecule has 8 heteroatoms. The number of halogens is 3. The minimum Gasteiger partial charge on any atom is -0.495 e. The summed E-state index contributed by atoms with van der Waals surface area (Å²) in [6.07, 6.45) is -4.51. The molecule has 0 saturated heterocycles. The lowest BCUT2D eigenvalue weighted by molar-refractivity contribution is -0.137. The fraction of sp³-hybridized carbons (Fsp3) is 0.125. The van der Waals surface area contributed by atoms with Gasteiger partial charge in [-0.2, -0.15) is 18.2 Å². The Balaban J connectivity index is 2.01. The van der Waals surface area contributed by atoms with Crippen LogP contribution in [0.25, 0.3) is 10.2 Å². The monoisotopic (exact) mass is 352 g/mol. The van der Waals surface area contributed by atoms with Crippen LogP contribution in [0, 0.1) is 0 Å². The molecule has 0 saturated carbocycles. The third kappa shape index (κ3) is 3.18. The highest BCUT2D eigenvalue weighted by Crippen LogP contribution is 2.30. The summed E-state index contributed by atoms with van der Waals surface area (Å²) in [5.74, 6) is -0.121. The Morgan fingerprint density at radius 2 is 1.96 bits per heavy atom. The van der Waals surface area contributed by atoms with E-state index in [1.54, 1.807) is 18.2 Å². The Labute approximate surface area is 138 Å². The van der Waals surface area contributed by atoms with Crippen LogP contribution in [0.3, 0.4) is 0 Å². The van der Waals surface area contributed by atoms with Gasteiger partial charge in [-0.1, -0.05) is 23.5 Å². The third-order valence-corrected chi connectivity index (χ3v) is 4.29. The number of rotatable bonds is 2. The number of amides is 1. The lowest BCUT2D eigenvalue weighted by Gasteiger charge is -2.06. The number of ether oxygens (including phenoxy) is 1. The summed E-state index contributed by atoms with van der Waals surface area (Å²) in [5.41, 5.74) is -0.275. The number of carbonyl (C=O) groups excluding carboxylic acids is 1. The third-order valence-electron chi connectivity index (χ3n) is 3.28. The van der Waals surface area contributed by atoms with E-state index in [1.165, 1.54) is 30.6 Å². The number of benzene rings is 2. The number of hydrogen-bond acceptors (Lipinski definition) is 3. The van der Waals surface area contributed by atoms with Crippen molar-refractivity contribution in [2.75, 3.05) is 7.11 Å². The van der Waals surface area contributed by atoms with Gasteiger partial charge in [0, 0.05) is 5.56 Å². The molecule has 0 spiro atoms. The molecule has 1 heterocycles. The first-order valence-electron chi connectivity index (χ1n) is 6.80. The van der Waals surface area contributed by atoms with Crippen molar-refractivity contribution in [3.05, 3.63) is 58.4 Å². The molecule has 3 rings (SSSR count). The van der Waals surface area contributed by atoms with Crippen LogP contribution >= 0.6 is 11.3 Å². The largest absolute Gasteiger partial charge is 0.495 e. The number of thiazole rings is 1. The Morgan fingerprint density at radius 3 is 2.67 bits per heavy atom. The number of nitrogens with one attached hydrogen (secondary N) is 1. The van der Waals surface area contributed by atoms with Crippen molar-refractivity contribution in [3.63, 3.8) is 0 Å². The van der Waals surface area contributed by atoms with Crippen LogP contribution in [0.1, 0.15) is 15.9 Å². The SMILES string of the molecule is COc1cccc2[nH]/c(=N/C(=O)c3cccc(C(F)(F)F)c3)sc12. The molecule has 0 unspecified atom stereocenters. The van der Waals surface area contributed by atoms with Crippen molar-refractivity contribution in [3.8, 4) is 5.75 Å². The number of alkyl halides is 3. The maximum Gasteiger partial charge on any atom is 0.416 e. The molecule has 0 aliphatic carbocycles. The smallest absolute Gasteiger partial charge is 0.416 e. The van der Waals surface area contributed by atoms with Crippen LogP contribution in [0.2, 0.25) is 0 Å². The van der Waals surface area contributed by atoms with E-state index in [0.717, 1.165) is 22.3 Å². The van der Waals surface area contributed by atoms with E-state index in [9.17, 15) is 18.0 Å². The zero-order valence-electron chi connectivity index (χ0n) is 12.3. The summed E-state index contributed by atoms with van der Waals surface area (Å²) < 4.78 is 44.2. The second-order valence-electron chi connectivity index (χ2n) is 4.86. The molecule has 24 heavy (non-hydrogen) atoms. The average Bonchev–Trinajstić information content (AvgIpc) is 2.96. The zero-order valence-corrected chi connectivity index (χ0v) is 13.2. The minimum absolute atomic E-state index is 0.123. The van der Waals surface area contributed by atoms with E-state index in [0.29, 0.717) is 5.75 Å². The molecule has 2 aromatic carbocycles. The van der Waals surface area contributed by atoms with Gasteiger partial charge >= 0.3 is 6.18 Å². The van der Waals surface area contributed by atoms with E-state index in [-0.39, 0.29) is 10.4 Å². The predicted molar refractivity (Wildman–Crippen MR) is 84.1 cm³/mol. The molecular formula is C16H11F3N2O2S. The van der Waals surface area contributed by atoms with Crippen molar-refractivity contribution < 1.29 is 22.7 Å². The molecule has 1 aromatic heterocycles. The lowest BCUT2D eigenvalue weighted by atomic mass is 10.1. The quantitative estimate of drug-likeness (QED) is 0.758. The van der Waals surface area contributed by atoms with Gasteiger partial charge in [0.15, 0.2) is 4.80 Å². The van der Waals surface area contributed by atoms with Gasteiger partial charge in [0.25, 0.3) is 5.91 Å². The van der Waals surface area contributed by atoms with Crippen LogP contribution in [0.4, 0.5) is 13.2 Å². The Hall–Kier alpha value is -2.61. The second-order valence-corrected chi connectivity index (χ2v) is 5.86. The van der Waals surface area contributed by atoms with Crippen molar-refractivity contribution in [1.29, 1.82) is 0 Å². The molecule has 1 N–H and O–H groups in total. The van der Waals surface area contributed by atoms with Gasteiger partial charge < -0.3 is 9.72 Å². The molecule has 124 valence electrons. The first-order chi connectivity index (χ1) is 11.4. The Bertz CT molecular complexity index is 973.